The number of piperidine rings is 2. The molecule has 4 aromatic rings. The number of aromatic nitrogens is 4. The lowest BCUT2D eigenvalue weighted by atomic mass is 9.72. The third-order valence-electron chi connectivity index (χ3n) is 12.6. The summed E-state index contributed by atoms with van der Waals surface area (Å²) in [5.41, 5.74) is 4.68. The van der Waals surface area contributed by atoms with Crippen molar-refractivity contribution in [2.45, 2.75) is 70.5 Å². The number of H-pyrrole nitrogens is 1. The Balaban J connectivity index is 1.17. The fourth-order valence-electron chi connectivity index (χ4n) is 9.14. The number of aromatic amines is 1. The Kier molecular flexibility index (Phi) is 8.36. The van der Waals surface area contributed by atoms with Gasteiger partial charge in [-0.2, -0.15) is 23.3 Å². The monoisotopic (exact) mass is 728 g/mol. The topological polar surface area (TPSA) is 93.7 Å². The Hall–Kier alpha value is -4.39. The molecule has 5 fully saturated rings. The first-order valence-electron chi connectivity index (χ1n) is 19.2. The summed E-state index contributed by atoms with van der Waals surface area (Å²) in [6, 6.07) is 6.48. The molecule has 6 heterocycles. The summed E-state index contributed by atoms with van der Waals surface area (Å²) in [5.74, 6) is 2.33. The summed E-state index contributed by atoms with van der Waals surface area (Å²) >= 11 is 0. The number of anilines is 2. The largest absolute Gasteiger partial charge is 0.481 e. The van der Waals surface area contributed by atoms with Crippen LogP contribution in [0.15, 0.2) is 37.1 Å². The molecule has 2 aromatic carbocycles. The Bertz CT molecular complexity index is 2060. The molecule has 9 rings (SSSR count). The van der Waals surface area contributed by atoms with Crippen molar-refractivity contribution in [3.8, 4) is 16.9 Å². The predicted molar refractivity (Wildman–Crippen MR) is 200 cm³/mol. The second-order valence-electron chi connectivity index (χ2n) is 16.3. The number of likely N-dealkylation sites (tertiary alicyclic amines) is 2. The molecule has 2 aromatic heterocycles. The summed E-state index contributed by atoms with van der Waals surface area (Å²) < 4.78 is 48.3. The maximum absolute atomic E-state index is 14.1. The van der Waals surface area contributed by atoms with Gasteiger partial charge >= 0.3 is 6.18 Å². The number of carbonyl (C=O) groups is 1. The summed E-state index contributed by atoms with van der Waals surface area (Å²) in [7, 11) is 0. The van der Waals surface area contributed by atoms with Crippen LogP contribution in [0.25, 0.3) is 32.9 Å². The van der Waals surface area contributed by atoms with Gasteiger partial charge in [-0.1, -0.05) is 19.6 Å². The molecule has 4 saturated heterocycles. The van der Waals surface area contributed by atoms with Gasteiger partial charge in [-0.25, -0.2) is 4.98 Å². The molecule has 1 aliphatic carbocycles. The van der Waals surface area contributed by atoms with E-state index in [-0.39, 0.29) is 23.0 Å². The SMILES string of the molecule is C=CC(=O)N1CC2(CCN(c3nc(N4CC(N5CCC(C)CC5)C4)nc4c(OCC(F)(F)F)c(-c5c(C)ccc6[nH]ncc56)c(C5CC5)cc34)CC2)C1. The van der Waals surface area contributed by atoms with Gasteiger partial charge in [-0.05, 0) is 105 Å². The molecule has 10 nitrogen and oxygen atoms in total. The number of amides is 1. The van der Waals surface area contributed by atoms with Crippen LogP contribution in [0.2, 0.25) is 0 Å². The molecule has 280 valence electrons. The fraction of sp³-hybridized carbons (Fsp3) is 0.550. The molecule has 5 aliphatic rings. The number of fused-ring (bicyclic) bond motifs is 2. The van der Waals surface area contributed by atoms with Gasteiger partial charge < -0.3 is 19.4 Å². The highest BCUT2D eigenvalue weighted by atomic mass is 19.4. The van der Waals surface area contributed by atoms with Crippen LogP contribution in [0.4, 0.5) is 24.9 Å². The number of benzene rings is 2. The van der Waals surface area contributed by atoms with Gasteiger partial charge in [0.25, 0.3) is 0 Å². The number of rotatable bonds is 8. The van der Waals surface area contributed by atoms with Crippen molar-refractivity contribution < 1.29 is 22.7 Å². The number of carbonyl (C=O) groups excluding carboxylic acids is 1. The van der Waals surface area contributed by atoms with E-state index in [2.05, 4.69) is 44.5 Å². The van der Waals surface area contributed by atoms with E-state index in [0.717, 1.165) is 123 Å². The van der Waals surface area contributed by atoms with Crippen molar-refractivity contribution in [3.05, 3.63) is 48.2 Å². The molecule has 1 N–H and O–H groups in total. The lowest BCUT2D eigenvalue weighted by Gasteiger charge is -2.54. The van der Waals surface area contributed by atoms with Crippen LogP contribution in [0.5, 0.6) is 5.75 Å². The number of halogens is 3. The second kappa shape index (κ2) is 12.9. The summed E-state index contributed by atoms with van der Waals surface area (Å²) in [4.78, 5) is 31.5. The number of aryl methyl sites for hydroxylation is 1. The normalized spacial score (nSPS) is 21.3. The van der Waals surface area contributed by atoms with Gasteiger partial charge in [0.1, 0.15) is 11.3 Å². The van der Waals surface area contributed by atoms with Crippen molar-refractivity contribution in [3.63, 3.8) is 0 Å². The van der Waals surface area contributed by atoms with Gasteiger partial charge in [0.15, 0.2) is 12.4 Å². The van der Waals surface area contributed by atoms with Gasteiger partial charge in [0, 0.05) is 67.1 Å². The first kappa shape index (κ1) is 34.4. The average molecular weight is 729 g/mol. The molecule has 1 amide bonds. The van der Waals surface area contributed by atoms with Gasteiger partial charge in [0.05, 0.1) is 11.7 Å². The zero-order chi connectivity index (χ0) is 36.6. The minimum Gasteiger partial charge on any atom is -0.481 e. The van der Waals surface area contributed by atoms with E-state index in [1.54, 1.807) is 6.20 Å². The number of alkyl halides is 3. The Labute approximate surface area is 307 Å². The van der Waals surface area contributed by atoms with Crippen LogP contribution >= 0.6 is 0 Å². The third-order valence-corrected chi connectivity index (χ3v) is 12.6. The van der Waals surface area contributed by atoms with Crippen LogP contribution in [0.3, 0.4) is 0 Å². The fourth-order valence-corrected chi connectivity index (χ4v) is 9.14. The molecular weight excluding hydrogens is 681 g/mol. The molecule has 53 heavy (non-hydrogen) atoms. The third kappa shape index (κ3) is 6.28. The van der Waals surface area contributed by atoms with Gasteiger partial charge in [-0.15, -0.1) is 0 Å². The summed E-state index contributed by atoms with van der Waals surface area (Å²) in [5, 5.41) is 8.91. The van der Waals surface area contributed by atoms with Crippen molar-refractivity contribution >= 4 is 39.5 Å². The summed E-state index contributed by atoms with van der Waals surface area (Å²) in [6.45, 7) is 13.1. The molecule has 0 bridgehead atoms. The van der Waals surface area contributed by atoms with Crippen LogP contribution < -0.4 is 14.5 Å². The quantitative estimate of drug-likeness (QED) is 0.198. The number of ether oxygens (including phenoxy) is 1. The molecule has 0 unspecified atom stereocenters. The second-order valence-corrected chi connectivity index (χ2v) is 16.3. The zero-order valence-electron chi connectivity index (χ0n) is 30.5. The van der Waals surface area contributed by atoms with Gasteiger partial charge in [0.2, 0.25) is 11.9 Å². The maximum Gasteiger partial charge on any atom is 0.422 e. The zero-order valence-corrected chi connectivity index (χ0v) is 30.5. The number of nitrogens with zero attached hydrogens (tertiary/aromatic N) is 7. The lowest BCUT2D eigenvalue weighted by molar-refractivity contribution is -0.153. The number of hydrogen-bond acceptors (Lipinski definition) is 8. The van der Waals surface area contributed by atoms with E-state index in [1.165, 1.54) is 18.9 Å². The van der Waals surface area contributed by atoms with Crippen LogP contribution in [0, 0.1) is 18.3 Å². The molecular formula is C40H47F3N8O2. The number of hydrogen-bond donors (Lipinski definition) is 1. The average Bonchev–Trinajstić information content (AvgIpc) is 3.85. The molecule has 13 heteroatoms. The molecule has 1 spiro atoms. The molecule has 0 radical (unpaired) electrons. The maximum atomic E-state index is 14.1. The highest BCUT2D eigenvalue weighted by Gasteiger charge is 2.47. The van der Waals surface area contributed by atoms with E-state index in [0.29, 0.717) is 23.1 Å². The molecule has 1 saturated carbocycles. The highest BCUT2D eigenvalue weighted by molar-refractivity contribution is 6.06. The van der Waals surface area contributed by atoms with E-state index in [9.17, 15) is 18.0 Å². The van der Waals surface area contributed by atoms with Crippen LogP contribution in [-0.2, 0) is 4.79 Å². The first-order chi connectivity index (χ1) is 25.5. The van der Waals surface area contributed by atoms with E-state index in [1.807, 2.05) is 24.0 Å². The lowest BCUT2D eigenvalue weighted by Crippen LogP contribution is -2.62. The minimum absolute atomic E-state index is 0.0347. The van der Waals surface area contributed by atoms with Crippen molar-refractivity contribution in [2.75, 3.05) is 68.8 Å². The molecule has 4 aliphatic heterocycles. The predicted octanol–water partition coefficient (Wildman–Crippen LogP) is 6.84. The van der Waals surface area contributed by atoms with Crippen molar-refractivity contribution in [1.82, 2.24) is 30.0 Å². The van der Waals surface area contributed by atoms with Crippen LogP contribution in [0.1, 0.15) is 62.5 Å². The standard InChI is InChI=1S/C40H47F3N8O2/c1-4-32(52)51-21-39(22-51)11-15-49(16-12-39)37-29-17-28(26-6-7-26)34(33-25(3)5-8-31-30(33)18-44-47-31)36(53-23-40(41,42)43)35(29)45-38(46-37)50-19-27(20-50)48-13-9-24(2)10-14-48/h4-5,8,17-18,24,26-27H,1,6-7,9-16,19-23H2,2-3H3,(H,44,47). The minimum atomic E-state index is -4.55. The van der Waals surface area contributed by atoms with Crippen LogP contribution in [-0.4, -0.2) is 107 Å². The van der Waals surface area contributed by atoms with E-state index < -0.39 is 12.8 Å². The summed E-state index contributed by atoms with van der Waals surface area (Å²) in [6.07, 6.45) is 4.64. The highest BCUT2D eigenvalue weighted by Crippen LogP contribution is 2.53. The van der Waals surface area contributed by atoms with Gasteiger partial charge in [-0.3, -0.25) is 14.8 Å². The Morgan fingerprint density at radius 3 is 2.43 bits per heavy atom. The number of nitrogens with one attached hydrogen (secondary N) is 1. The van der Waals surface area contributed by atoms with E-state index in [4.69, 9.17) is 14.7 Å². The first-order valence-corrected chi connectivity index (χ1v) is 19.2. The van der Waals surface area contributed by atoms with E-state index >= 15 is 0 Å². The Morgan fingerprint density at radius 2 is 1.75 bits per heavy atom. The smallest absolute Gasteiger partial charge is 0.422 e. The van der Waals surface area contributed by atoms with Crippen molar-refractivity contribution in [2.24, 2.45) is 11.3 Å². The van der Waals surface area contributed by atoms with Crippen molar-refractivity contribution in [1.29, 1.82) is 0 Å². The Morgan fingerprint density at radius 1 is 1.02 bits per heavy atom. The molecule has 0 atom stereocenters.